The van der Waals surface area contributed by atoms with Crippen molar-refractivity contribution in [2.75, 3.05) is 19.9 Å². The predicted molar refractivity (Wildman–Crippen MR) is 110 cm³/mol. The van der Waals surface area contributed by atoms with Gasteiger partial charge in [0, 0.05) is 24.0 Å². The van der Waals surface area contributed by atoms with Crippen molar-refractivity contribution in [3.05, 3.63) is 64.7 Å². The minimum Gasteiger partial charge on any atom is -0.486 e. The largest absolute Gasteiger partial charge is 0.486 e. The Labute approximate surface area is 175 Å². The smallest absolute Gasteiger partial charge is 0.166 e. The lowest BCUT2D eigenvalue weighted by molar-refractivity contribution is 0.0950. The average Bonchev–Trinajstić information content (AvgIpc) is 3.14. The van der Waals surface area contributed by atoms with Gasteiger partial charge in [0.2, 0.25) is 0 Å². The number of carbonyl (C=O) groups excluding carboxylic acids is 2. The number of rotatable bonds is 7. The molecule has 0 aromatic heterocycles. The van der Waals surface area contributed by atoms with E-state index in [1.807, 2.05) is 36.4 Å². The normalized spacial score (nSPS) is 28.5. The summed E-state index contributed by atoms with van der Waals surface area (Å²) < 4.78 is 25.3. The fourth-order valence-corrected chi connectivity index (χ4v) is 5.16. The third kappa shape index (κ3) is 3.16. The zero-order valence-electron chi connectivity index (χ0n) is 17.0. The summed E-state index contributed by atoms with van der Waals surface area (Å²) in [4.78, 5) is 25.8. The highest BCUT2D eigenvalue weighted by atomic mass is 19.1. The van der Waals surface area contributed by atoms with Crippen molar-refractivity contribution in [1.29, 1.82) is 0 Å². The minimum absolute atomic E-state index is 0.0397. The SMILES string of the molecule is CCC(=O)c1cc(C(=O)CC2[C@H]3COC[C@@H]23)cc2c1O[C@H](CF)[C@H]2c1ccccc1. The summed E-state index contributed by atoms with van der Waals surface area (Å²) in [6, 6.07) is 13.1. The Bertz CT molecular complexity index is 976. The van der Waals surface area contributed by atoms with Crippen LogP contribution in [0, 0.1) is 17.8 Å². The molecule has 1 unspecified atom stereocenters. The van der Waals surface area contributed by atoms with Gasteiger partial charge in [-0.2, -0.15) is 0 Å². The van der Waals surface area contributed by atoms with Gasteiger partial charge in [-0.1, -0.05) is 37.3 Å². The fourth-order valence-electron chi connectivity index (χ4n) is 5.16. The summed E-state index contributed by atoms with van der Waals surface area (Å²) in [5.41, 5.74) is 2.59. The highest BCUT2D eigenvalue weighted by Gasteiger charge is 2.54. The molecule has 0 N–H and O–H groups in total. The summed E-state index contributed by atoms with van der Waals surface area (Å²) in [5.74, 6) is 1.42. The van der Waals surface area contributed by atoms with Crippen LogP contribution in [-0.4, -0.2) is 37.6 Å². The number of Topliss-reactive ketones (excluding diaryl/α,β-unsaturated/α-hetero) is 2. The minimum atomic E-state index is -0.698. The standard InChI is InChI=1S/C25H25FO4/c1-2-21(27)17-8-15(22(28)10-16-19-12-29-13-20(16)19)9-18-24(14-6-4-3-5-7-14)23(11-26)30-25(17)18/h3-9,16,19-20,23-24H,2,10-13H2,1H3/t16?,19-,20+,23-,24+/m1/s1. The Balaban J connectivity index is 1.54. The molecule has 4 nitrogen and oxygen atoms in total. The van der Waals surface area contributed by atoms with Crippen LogP contribution in [0.5, 0.6) is 5.75 Å². The van der Waals surface area contributed by atoms with Crippen LogP contribution < -0.4 is 4.74 Å². The third-order valence-corrected chi connectivity index (χ3v) is 6.90. The first-order chi connectivity index (χ1) is 14.6. The quantitative estimate of drug-likeness (QED) is 0.628. The number of carbonyl (C=O) groups is 2. The van der Waals surface area contributed by atoms with Crippen LogP contribution in [0.15, 0.2) is 42.5 Å². The van der Waals surface area contributed by atoms with Gasteiger partial charge in [-0.25, -0.2) is 4.39 Å². The highest BCUT2D eigenvalue weighted by molar-refractivity contribution is 6.04. The van der Waals surface area contributed by atoms with Gasteiger partial charge in [-0.05, 0) is 35.4 Å². The summed E-state index contributed by atoms with van der Waals surface area (Å²) in [5, 5.41) is 0. The van der Waals surface area contributed by atoms with E-state index in [0.717, 1.165) is 24.3 Å². The van der Waals surface area contributed by atoms with Crippen LogP contribution in [0.3, 0.4) is 0 Å². The van der Waals surface area contributed by atoms with Gasteiger partial charge in [0.05, 0.1) is 24.7 Å². The maximum absolute atomic E-state index is 13.9. The summed E-state index contributed by atoms with van der Waals surface area (Å²) in [7, 11) is 0. The molecule has 1 saturated heterocycles. The molecule has 1 aliphatic carbocycles. The van der Waals surface area contributed by atoms with Crippen LogP contribution in [0.4, 0.5) is 4.39 Å². The number of alkyl halides is 1. The lowest BCUT2D eigenvalue weighted by atomic mass is 9.85. The maximum atomic E-state index is 13.9. The molecule has 2 aromatic rings. The molecule has 1 saturated carbocycles. The average molecular weight is 408 g/mol. The van der Waals surface area contributed by atoms with E-state index < -0.39 is 12.8 Å². The Morgan fingerprint density at radius 2 is 1.80 bits per heavy atom. The summed E-state index contributed by atoms with van der Waals surface area (Å²) >= 11 is 0. The Morgan fingerprint density at radius 1 is 1.07 bits per heavy atom. The van der Waals surface area contributed by atoms with E-state index in [9.17, 15) is 14.0 Å². The van der Waals surface area contributed by atoms with Gasteiger partial charge >= 0.3 is 0 Å². The summed E-state index contributed by atoms with van der Waals surface area (Å²) in [6.45, 7) is 2.61. The molecule has 3 aliphatic rings. The first-order valence-corrected chi connectivity index (χ1v) is 10.7. The van der Waals surface area contributed by atoms with Gasteiger partial charge < -0.3 is 9.47 Å². The van der Waals surface area contributed by atoms with Gasteiger partial charge in [0.25, 0.3) is 0 Å². The van der Waals surface area contributed by atoms with Crippen molar-refractivity contribution >= 4 is 11.6 Å². The van der Waals surface area contributed by atoms with Crippen LogP contribution in [0.2, 0.25) is 0 Å². The number of fused-ring (bicyclic) bond motifs is 2. The van der Waals surface area contributed by atoms with E-state index in [-0.39, 0.29) is 17.5 Å². The number of benzene rings is 2. The fraction of sp³-hybridized carbons (Fsp3) is 0.440. The molecule has 5 rings (SSSR count). The topological polar surface area (TPSA) is 52.6 Å². The molecule has 0 bridgehead atoms. The van der Waals surface area contributed by atoms with Crippen LogP contribution >= 0.6 is 0 Å². The van der Waals surface area contributed by atoms with E-state index in [1.165, 1.54) is 0 Å². The Kier molecular flexibility index (Phi) is 4.94. The number of hydrogen-bond donors (Lipinski definition) is 0. The molecule has 0 amide bonds. The molecule has 0 spiro atoms. The molecule has 2 fully saturated rings. The van der Waals surface area contributed by atoms with Crippen molar-refractivity contribution in [3.8, 4) is 5.75 Å². The van der Waals surface area contributed by atoms with Gasteiger partial charge in [-0.3, -0.25) is 9.59 Å². The molecule has 156 valence electrons. The maximum Gasteiger partial charge on any atom is 0.166 e. The molecule has 2 heterocycles. The number of ether oxygens (including phenoxy) is 2. The van der Waals surface area contributed by atoms with Gasteiger partial charge in [0.1, 0.15) is 18.5 Å². The highest BCUT2D eigenvalue weighted by Crippen LogP contribution is 2.53. The van der Waals surface area contributed by atoms with Crippen molar-refractivity contribution in [3.63, 3.8) is 0 Å². The van der Waals surface area contributed by atoms with Crippen LogP contribution in [0.25, 0.3) is 0 Å². The second kappa shape index (κ2) is 7.62. The monoisotopic (exact) mass is 408 g/mol. The molecule has 0 radical (unpaired) electrons. The molecule has 2 aromatic carbocycles. The van der Waals surface area contributed by atoms with Crippen LogP contribution in [0.1, 0.15) is 57.5 Å². The lowest BCUT2D eigenvalue weighted by Crippen LogP contribution is -2.22. The van der Waals surface area contributed by atoms with Crippen molar-refractivity contribution < 1.29 is 23.5 Å². The van der Waals surface area contributed by atoms with Crippen molar-refractivity contribution in [2.45, 2.75) is 31.8 Å². The van der Waals surface area contributed by atoms with Gasteiger partial charge in [-0.15, -0.1) is 0 Å². The summed E-state index contributed by atoms with van der Waals surface area (Å²) in [6.07, 6.45) is 0.0742. The van der Waals surface area contributed by atoms with E-state index in [0.29, 0.717) is 47.5 Å². The second-order valence-electron chi connectivity index (χ2n) is 8.57. The second-order valence-corrected chi connectivity index (χ2v) is 8.57. The van der Waals surface area contributed by atoms with E-state index in [2.05, 4.69) is 0 Å². The van der Waals surface area contributed by atoms with E-state index in [1.54, 1.807) is 13.0 Å². The van der Waals surface area contributed by atoms with Crippen LogP contribution in [-0.2, 0) is 4.74 Å². The van der Waals surface area contributed by atoms with Crippen molar-refractivity contribution in [2.24, 2.45) is 17.8 Å². The molecular weight excluding hydrogens is 383 g/mol. The first kappa shape index (κ1) is 19.4. The Morgan fingerprint density at radius 3 is 2.47 bits per heavy atom. The number of hydrogen-bond acceptors (Lipinski definition) is 4. The molecule has 30 heavy (non-hydrogen) atoms. The molecule has 2 aliphatic heterocycles. The number of ketones is 2. The molecule has 5 atom stereocenters. The Hall–Kier alpha value is -2.53. The molecule has 5 heteroatoms. The molecular formula is C25H25FO4. The van der Waals surface area contributed by atoms with Crippen molar-refractivity contribution in [1.82, 2.24) is 0 Å². The zero-order valence-corrected chi connectivity index (χ0v) is 17.0. The van der Waals surface area contributed by atoms with Gasteiger partial charge in [0.15, 0.2) is 11.6 Å². The van der Waals surface area contributed by atoms with E-state index >= 15 is 0 Å². The lowest BCUT2D eigenvalue weighted by Gasteiger charge is -2.16. The third-order valence-electron chi connectivity index (χ3n) is 6.90. The predicted octanol–water partition coefficient (Wildman–Crippen LogP) is 4.61. The zero-order chi connectivity index (χ0) is 20.8. The number of halogens is 1. The van der Waals surface area contributed by atoms with E-state index in [4.69, 9.17) is 9.47 Å². The first-order valence-electron chi connectivity index (χ1n) is 10.7.